The first kappa shape index (κ1) is 27.3. The lowest BCUT2D eigenvalue weighted by molar-refractivity contribution is -0.140. The Morgan fingerprint density at radius 1 is 0.658 bits per heavy atom. The van der Waals surface area contributed by atoms with Gasteiger partial charge < -0.3 is 20.8 Å². The maximum Gasteiger partial charge on any atom is 0.321 e. The summed E-state index contributed by atoms with van der Waals surface area (Å²) in [5.74, 6) is -1.74. The molecule has 0 saturated heterocycles. The van der Waals surface area contributed by atoms with Crippen molar-refractivity contribution in [3.8, 4) is 0 Å². The summed E-state index contributed by atoms with van der Waals surface area (Å²) in [5.41, 5.74) is 3.03. The quantitative estimate of drug-likeness (QED) is 0.208. The predicted molar refractivity (Wildman–Crippen MR) is 153 cm³/mol. The molecule has 4 aromatic rings. The minimum Gasteiger partial charge on any atom is -0.480 e. The molecule has 6 nitrogen and oxygen atoms in total. The fourth-order valence-electron chi connectivity index (χ4n) is 5.10. The average molecular weight is 513 g/mol. The molecule has 0 radical (unpaired) electrons. The Hall–Kier alpha value is -3.74. The number of benzene rings is 4. The van der Waals surface area contributed by atoms with Gasteiger partial charge in [-0.1, -0.05) is 92.7 Å². The Balaban J connectivity index is 1.48. The molecule has 0 aliphatic carbocycles. The first-order valence-electron chi connectivity index (χ1n) is 13.2. The number of carbonyl (C=O) groups is 2. The van der Waals surface area contributed by atoms with Gasteiger partial charge >= 0.3 is 11.9 Å². The Morgan fingerprint density at radius 3 is 1.95 bits per heavy atom. The molecule has 0 aliphatic rings. The van der Waals surface area contributed by atoms with Crippen molar-refractivity contribution in [2.45, 2.75) is 64.2 Å². The van der Waals surface area contributed by atoms with Crippen LogP contribution < -0.4 is 10.6 Å². The molecular formula is C32H36N2O4. The molecule has 38 heavy (non-hydrogen) atoms. The summed E-state index contributed by atoms with van der Waals surface area (Å²) in [4.78, 5) is 23.9. The van der Waals surface area contributed by atoms with E-state index >= 15 is 0 Å². The summed E-state index contributed by atoms with van der Waals surface area (Å²) in [5, 5.41) is 30.4. The van der Waals surface area contributed by atoms with E-state index in [1.165, 1.54) is 0 Å². The van der Waals surface area contributed by atoms with E-state index in [1.807, 2.05) is 75.4 Å². The van der Waals surface area contributed by atoms with Gasteiger partial charge in [0.1, 0.15) is 12.1 Å². The first-order chi connectivity index (χ1) is 18.2. The molecule has 0 amide bonds. The van der Waals surface area contributed by atoms with Crippen molar-refractivity contribution >= 4 is 33.5 Å². The van der Waals surface area contributed by atoms with Gasteiger partial charge in [0.2, 0.25) is 0 Å². The number of nitrogens with one attached hydrogen (secondary N) is 2. The second kappa shape index (κ2) is 12.2. The van der Waals surface area contributed by atoms with Crippen LogP contribution in [0.3, 0.4) is 0 Å². The van der Waals surface area contributed by atoms with E-state index in [-0.39, 0.29) is 12.1 Å². The lowest BCUT2D eigenvalue weighted by Crippen LogP contribution is -2.44. The van der Waals surface area contributed by atoms with Crippen LogP contribution >= 0.6 is 0 Å². The van der Waals surface area contributed by atoms with Crippen LogP contribution in [0.1, 0.15) is 37.5 Å². The van der Waals surface area contributed by atoms with Gasteiger partial charge in [0, 0.05) is 12.1 Å². The second-order valence-electron chi connectivity index (χ2n) is 10.4. The number of fused-ring (bicyclic) bond motifs is 2. The van der Waals surface area contributed by atoms with Crippen molar-refractivity contribution in [1.29, 1.82) is 0 Å². The number of carboxylic acid groups (broad SMARTS) is 2. The van der Waals surface area contributed by atoms with Crippen LogP contribution in [0.25, 0.3) is 21.5 Å². The van der Waals surface area contributed by atoms with Crippen molar-refractivity contribution in [2.75, 3.05) is 0 Å². The lowest BCUT2D eigenvalue weighted by atomic mass is 9.95. The molecule has 0 spiro atoms. The summed E-state index contributed by atoms with van der Waals surface area (Å²) < 4.78 is 0. The van der Waals surface area contributed by atoms with Gasteiger partial charge in [0.15, 0.2) is 0 Å². The van der Waals surface area contributed by atoms with E-state index in [0.29, 0.717) is 19.3 Å². The Bertz CT molecular complexity index is 1430. The van der Waals surface area contributed by atoms with Crippen LogP contribution in [-0.2, 0) is 28.9 Å². The highest BCUT2D eigenvalue weighted by Gasteiger charge is 2.22. The van der Waals surface area contributed by atoms with Crippen molar-refractivity contribution < 1.29 is 19.8 Å². The Kier molecular flexibility index (Phi) is 8.77. The molecule has 198 valence electrons. The van der Waals surface area contributed by atoms with Crippen LogP contribution in [0.2, 0.25) is 0 Å². The molecule has 0 saturated carbocycles. The van der Waals surface area contributed by atoms with E-state index in [0.717, 1.165) is 38.2 Å². The molecule has 4 N–H and O–H groups in total. The minimum atomic E-state index is -0.872. The SMILES string of the molecule is CC(C)NC(Cc1cccc2ccc(CC(C)NC(Cc3ccc4ccccc4c3)C(=O)O)cc12)C(=O)O. The number of hydrogen-bond acceptors (Lipinski definition) is 4. The second-order valence-corrected chi connectivity index (χ2v) is 10.4. The first-order valence-corrected chi connectivity index (χ1v) is 13.2. The molecule has 3 atom stereocenters. The Labute approximate surface area is 223 Å². The minimum absolute atomic E-state index is 0.0605. The van der Waals surface area contributed by atoms with Gasteiger partial charge in [-0.25, -0.2) is 0 Å². The van der Waals surface area contributed by atoms with E-state index in [2.05, 4.69) is 34.9 Å². The summed E-state index contributed by atoms with van der Waals surface area (Å²) in [6, 6.07) is 24.9. The third-order valence-corrected chi connectivity index (χ3v) is 6.87. The maximum absolute atomic E-state index is 12.1. The molecule has 0 fully saturated rings. The Morgan fingerprint density at radius 2 is 1.26 bits per heavy atom. The van der Waals surface area contributed by atoms with Gasteiger partial charge in [0.05, 0.1) is 0 Å². The van der Waals surface area contributed by atoms with Gasteiger partial charge in [-0.15, -0.1) is 0 Å². The van der Waals surface area contributed by atoms with Crippen molar-refractivity contribution in [2.24, 2.45) is 0 Å². The molecule has 0 aromatic heterocycles. The van der Waals surface area contributed by atoms with Crippen LogP contribution in [0, 0.1) is 0 Å². The fraction of sp³-hybridized carbons (Fsp3) is 0.312. The zero-order chi connectivity index (χ0) is 27.2. The van der Waals surface area contributed by atoms with Gasteiger partial charge in [-0.05, 0) is 64.4 Å². The highest BCUT2D eigenvalue weighted by atomic mass is 16.4. The smallest absolute Gasteiger partial charge is 0.321 e. The molecule has 0 heterocycles. The fourth-order valence-corrected chi connectivity index (χ4v) is 5.10. The van der Waals surface area contributed by atoms with E-state index in [1.54, 1.807) is 0 Å². The van der Waals surface area contributed by atoms with Gasteiger partial charge in [0.25, 0.3) is 0 Å². The normalized spacial score (nSPS) is 14.0. The van der Waals surface area contributed by atoms with E-state index < -0.39 is 24.0 Å². The molecule has 0 aliphatic heterocycles. The summed E-state index contributed by atoms with van der Waals surface area (Å²) >= 11 is 0. The highest BCUT2D eigenvalue weighted by Crippen LogP contribution is 2.23. The van der Waals surface area contributed by atoms with Gasteiger partial charge in [-0.3, -0.25) is 9.59 Å². The predicted octanol–water partition coefficient (Wildman–Crippen LogP) is 5.20. The highest BCUT2D eigenvalue weighted by molar-refractivity contribution is 5.87. The topological polar surface area (TPSA) is 98.7 Å². The van der Waals surface area contributed by atoms with E-state index in [4.69, 9.17) is 0 Å². The summed E-state index contributed by atoms with van der Waals surface area (Å²) in [6.07, 6.45) is 1.43. The largest absolute Gasteiger partial charge is 0.480 e. The lowest BCUT2D eigenvalue weighted by Gasteiger charge is -2.21. The zero-order valence-corrected chi connectivity index (χ0v) is 22.1. The number of rotatable bonds is 12. The molecule has 0 bridgehead atoms. The third kappa shape index (κ3) is 6.97. The summed E-state index contributed by atoms with van der Waals surface area (Å²) in [7, 11) is 0. The van der Waals surface area contributed by atoms with Crippen molar-refractivity contribution in [3.05, 3.63) is 95.6 Å². The zero-order valence-electron chi connectivity index (χ0n) is 22.1. The van der Waals surface area contributed by atoms with Crippen molar-refractivity contribution in [3.63, 3.8) is 0 Å². The third-order valence-electron chi connectivity index (χ3n) is 6.87. The van der Waals surface area contributed by atoms with Crippen LogP contribution in [0.4, 0.5) is 0 Å². The molecule has 4 aromatic carbocycles. The molecule has 6 heteroatoms. The van der Waals surface area contributed by atoms with E-state index in [9.17, 15) is 19.8 Å². The monoisotopic (exact) mass is 512 g/mol. The van der Waals surface area contributed by atoms with Gasteiger partial charge in [-0.2, -0.15) is 0 Å². The van der Waals surface area contributed by atoms with Crippen LogP contribution in [0.15, 0.2) is 78.9 Å². The molecule has 3 unspecified atom stereocenters. The maximum atomic E-state index is 12.1. The van der Waals surface area contributed by atoms with Crippen molar-refractivity contribution in [1.82, 2.24) is 10.6 Å². The van der Waals surface area contributed by atoms with Crippen LogP contribution in [0.5, 0.6) is 0 Å². The summed E-state index contributed by atoms with van der Waals surface area (Å²) in [6.45, 7) is 5.88. The van der Waals surface area contributed by atoms with Crippen LogP contribution in [-0.4, -0.2) is 46.3 Å². The number of carboxylic acids is 2. The number of hydrogen-bond donors (Lipinski definition) is 4. The standard InChI is InChI=1S/C32H36N2O4/c1-20(2)33-30(32(37)38)19-27-10-6-9-25-14-12-22(17-28(25)27)15-21(3)34-29(31(35)36)18-23-11-13-24-7-4-5-8-26(24)16-23/h4-14,16-17,20-21,29-30,33-34H,15,18-19H2,1-3H3,(H,35,36)(H,37,38). The molecule has 4 rings (SSSR count). The molecular weight excluding hydrogens is 476 g/mol. The number of aliphatic carboxylic acids is 2. The average Bonchev–Trinajstić information content (AvgIpc) is 2.87.